The maximum Gasteiger partial charge on any atom is 0.266 e. The molecule has 0 saturated heterocycles. The van der Waals surface area contributed by atoms with Crippen LogP contribution in [-0.2, 0) is 0 Å². The molecule has 0 aliphatic heterocycles. The zero-order valence-corrected chi connectivity index (χ0v) is 14.3. The fraction of sp³-hybridized carbons (Fsp3) is 0.176. The predicted octanol–water partition coefficient (Wildman–Crippen LogP) is 3.35. The zero-order valence-electron chi connectivity index (χ0n) is 13.5. The molecule has 1 N–H and O–H groups in total. The summed E-state index contributed by atoms with van der Waals surface area (Å²) in [5.74, 6) is 0.397. The average molecular weight is 355 g/mol. The van der Waals surface area contributed by atoms with E-state index in [0.29, 0.717) is 28.1 Å². The van der Waals surface area contributed by atoms with Crippen molar-refractivity contribution in [3.8, 4) is 5.69 Å². The third kappa shape index (κ3) is 2.45. The monoisotopic (exact) mass is 355 g/mol. The van der Waals surface area contributed by atoms with Crippen LogP contribution in [0.2, 0.25) is 0 Å². The Morgan fingerprint density at radius 3 is 2.84 bits per heavy atom. The molecule has 126 valence electrons. The first-order chi connectivity index (χ1) is 12.0. The van der Waals surface area contributed by atoms with Crippen LogP contribution in [0.15, 0.2) is 41.3 Å². The number of rotatable bonds is 2. The van der Waals surface area contributed by atoms with Crippen molar-refractivity contribution in [1.29, 1.82) is 0 Å². The van der Waals surface area contributed by atoms with Gasteiger partial charge in [0.2, 0.25) is 0 Å². The van der Waals surface area contributed by atoms with E-state index in [1.807, 2.05) is 13.8 Å². The van der Waals surface area contributed by atoms with Crippen molar-refractivity contribution in [2.75, 3.05) is 0 Å². The van der Waals surface area contributed by atoms with Gasteiger partial charge in [-0.05, 0) is 42.5 Å². The first-order valence-corrected chi connectivity index (χ1v) is 8.17. The molecule has 3 heterocycles. The van der Waals surface area contributed by atoms with E-state index in [1.165, 1.54) is 22.8 Å². The molecule has 6 nitrogen and oxygen atoms in total. The second-order valence-corrected chi connectivity index (χ2v) is 6.43. The standard InChI is InChI=1S/C17H14FN5OS/c1-9(2)14-20-15-13(4-3-7-22(15)21-14)23-16(24)11-6-5-10(18)8-12(11)19-17(23)25/h3-9H,1-2H3,(H,19,25). The normalized spacial score (nSPS) is 11.7. The second-order valence-electron chi connectivity index (χ2n) is 6.05. The number of halogens is 1. The van der Waals surface area contributed by atoms with Crippen LogP contribution in [0.5, 0.6) is 0 Å². The number of nitrogens with zero attached hydrogens (tertiary/aromatic N) is 4. The topological polar surface area (TPSA) is 68.0 Å². The highest BCUT2D eigenvalue weighted by Crippen LogP contribution is 2.18. The Morgan fingerprint density at radius 1 is 1.28 bits per heavy atom. The van der Waals surface area contributed by atoms with Gasteiger partial charge in [-0.25, -0.2) is 18.5 Å². The number of benzene rings is 1. The summed E-state index contributed by atoms with van der Waals surface area (Å²) in [6.45, 7) is 3.99. The number of H-pyrrole nitrogens is 1. The highest BCUT2D eigenvalue weighted by Gasteiger charge is 2.15. The Balaban J connectivity index is 2.08. The van der Waals surface area contributed by atoms with Crippen LogP contribution in [0.4, 0.5) is 4.39 Å². The lowest BCUT2D eigenvalue weighted by atomic mass is 10.2. The Morgan fingerprint density at radius 2 is 2.08 bits per heavy atom. The molecule has 0 atom stereocenters. The smallest absolute Gasteiger partial charge is 0.266 e. The largest absolute Gasteiger partial charge is 0.331 e. The average Bonchev–Trinajstić information content (AvgIpc) is 2.99. The summed E-state index contributed by atoms with van der Waals surface area (Å²) in [6.07, 6.45) is 1.77. The lowest BCUT2D eigenvalue weighted by Crippen LogP contribution is -2.21. The minimum absolute atomic E-state index is 0.151. The van der Waals surface area contributed by atoms with Crippen molar-refractivity contribution < 1.29 is 4.39 Å². The molecule has 3 aromatic heterocycles. The summed E-state index contributed by atoms with van der Waals surface area (Å²) in [5, 5.41) is 4.78. The number of hydrogen-bond acceptors (Lipinski definition) is 4. The molecule has 0 aliphatic rings. The Bertz CT molecular complexity index is 1240. The Hall–Kier alpha value is -2.87. The van der Waals surface area contributed by atoms with E-state index in [4.69, 9.17) is 12.2 Å². The van der Waals surface area contributed by atoms with Crippen molar-refractivity contribution in [1.82, 2.24) is 24.1 Å². The van der Waals surface area contributed by atoms with Crippen LogP contribution >= 0.6 is 12.2 Å². The van der Waals surface area contributed by atoms with Crippen molar-refractivity contribution in [2.45, 2.75) is 19.8 Å². The van der Waals surface area contributed by atoms with E-state index >= 15 is 0 Å². The van der Waals surface area contributed by atoms with Gasteiger partial charge in [0, 0.05) is 12.1 Å². The van der Waals surface area contributed by atoms with E-state index in [9.17, 15) is 9.18 Å². The number of pyridine rings is 1. The van der Waals surface area contributed by atoms with E-state index < -0.39 is 5.82 Å². The van der Waals surface area contributed by atoms with Gasteiger partial charge in [0.05, 0.1) is 16.6 Å². The summed E-state index contributed by atoms with van der Waals surface area (Å²) >= 11 is 5.34. The molecule has 0 amide bonds. The molecule has 0 unspecified atom stereocenters. The van der Waals surface area contributed by atoms with Crippen LogP contribution < -0.4 is 5.56 Å². The molecular weight excluding hydrogens is 341 g/mol. The van der Waals surface area contributed by atoms with E-state index in [-0.39, 0.29) is 16.2 Å². The van der Waals surface area contributed by atoms with Crippen LogP contribution in [0, 0.1) is 10.6 Å². The molecule has 0 bridgehead atoms. The van der Waals surface area contributed by atoms with Crippen LogP contribution in [0.1, 0.15) is 25.6 Å². The number of hydrogen-bond donors (Lipinski definition) is 1. The molecule has 4 aromatic rings. The Kier molecular flexibility index (Phi) is 3.50. The zero-order chi connectivity index (χ0) is 17.7. The van der Waals surface area contributed by atoms with E-state index in [2.05, 4.69) is 15.1 Å². The quantitative estimate of drug-likeness (QED) is 0.560. The molecule has 0 spiro atoms. The van der Waals surface area contributed by atoms with Gasteiger partial charge in [0.25, 0.3) is 5.56 Å². The molecule has 0 radical (unpaired) electrons. The molecule has 0 fully saturated rings. The maximum absolute atomic E-state index is 13.4. The lowest BCUT2D eigenvalue weighted by Gasteiger charge is -2.08. The summed E-state index contributed by atoms with van der Waals surface area (Å²) in [5.41, 5.74) is 1.09. The summed E-state index contributed by atoms with van der Waals surface area (Å²) in [4.78, 5) is 20.4. The highest BCUT2D eigenvalue weighted by atomic mass is 32.1. The van der Waals surface area contributed by atoms with Crippen LogP contribution in [0.3, 0.4) is 0 Å². The van der Waals surface area contributed by atoms with Gasteiger partial charge in [-0.15, -0.1) is 0 Å². The molecular formula is C17H14FN5OS. The predicted molar refractivity (Wildman–Crippen MR) is 95.3 cm³/mol. The number of fused-ring (bicyclic) bond motifs is 2. The summed E-state index contributed by atoms with van der Waals surface area (Å²) in [7, 11) is 0. The number of aromatic nitrogens is 5. The first-order valence-electron chi connectivity index (χ1n) is 7.76. The third-order valence-electron chi connectivity index (χ3n) is 3.98. The van der Waals surface area contributed by atoms with E-state index in [0.717, 1.165) is 0 Å². The number of nitrogens with one attached hydrogen (secondary N) is 1. The fourth-order valence-electron chi connectivity index (χ4n) is 2.74. The molecule has 0 saturated carbocycles. The van der Waals surface area contributed by atoms with Gasteiger partial charge >= 0.3 is 0 Å². The van der Waals surface area contributed by atoms with Gasteiger partial charge in [0.15, 0.2) is 16.2 Å². The van der Waals surface area contributed by atoms with Gasteiger partial charge in [-0.1, -0.05) is 13.8 Å². The Labute approximate surface area is 146 Å². The third-order valence-corrected chi connectivity index (χ3v) is 4.26. The van der Waals surface area contributed by atoms with Gasteiger partial charge in [-0.3, -0.25) is 4.79 Å². The summed E-state index contributed by atoms with van der Waals surface area (Å²) < 4.78 is 16.6. The summed E-state index contributed by atoms with van der Waals surface area (Å²) in [6, 6.07) is 7.48. The second kappa shape index (κ2) is 5.59. The molecule has 4 rings (SSSR count). The van der Waals surface area contributed by atoms with Crippen molar-refractivity contribution in [2.24, 2.45) is 0 Å². The molecule has 1 aromatic carbocycles. The van der Waals surface area contributed by atoms with Crippen LogP contribution in [0.25, 0.3) is 22.2 Å². The maximum atomic E-state index is 13.4. The minimum atomic E-state index is -0.434. The highest BCUT2D eigenvalue weighted by molar-refractivity contribution is 7.71. The van der Waals surface area contributed by atoms with E-state index in [1.54, 1.807) is 22.8 Å². The van der Waals surface area contributed by atoms with Gasteiger partial charge in [0.1, 0.15) is 5.82 Å². The van der Waals surface area contributed by atoms with Gasteiger partial charge < -0.3 is 4.98 Å². The SMILES string of the molecule is CC(C)c1nc2c(-n3c(=S)[nH]c4cc(F)ccc4c3=O)cccn2n1. The van der Waals surface area contributed by atoms with Crippen molar-refractivity contribution in [3.63, 3.8) is 0 Å². The minimum Gasteiger partial charge on any atom is -0.331 e. The van der Waals surface area contributed by atoms with Gasteiger partial charge in [-0.2, -0.15) is 5.10 Å². The number of aromatic amines is 1. The van der Waals surface area contributed by atoms with Crippen LogP contribution in [-0.4, -0.2) is 24.1 Å². The fourth-order valence-corrected chi connectivity index (χ4v) is 3.03. The molecule has 0 aliphatic carbocycles. The first kappa shape index (κ1) is 15.6. The molecule has 8 heteroatoms. The lowest BCUT2D eigenvalue weighted by molar-refractivity contribution is 0.629. The van der Waals surface area contributed by atoms with Crippen molar-refractivity contribution >= 4 is 28.8 Å². The molecule has 25 heavy (non-hydrogen) atoms. The van der Waals surface area contributed by atoms with Crippen molar-refractivity contribution in [3.05, 3.63) is 63.3 Å².